The second kappa shape index (κ2) is 5.38. The van der Waals surface area contributed by atoms with Gasteiger partial charge in [-0.2, -0.15) is 5.10 Å². The summed E-state index contributed by atoms with van der Waals surface area (Å²) in [6.45, 7) is 9.31. The summed E-state index contributed by atoms with van der Waals surface area (Å²) in [5.74, 6) is -0.0453. The van der Waals surface area contributed by atoms with Gasteiger partial charge in [-0.3, -0.25) is 4.79 Å². The Morgan fingerprint density at radius 2 is 2.11 bits per heavy atom. The summed E-state index contributed by atoms with van der Waals surface area (Å²) in [5.41, 5.74) is 3.16. The molecule has 2 rings (SSSR count). The lowest BCUT2D eigenvalue weighted by molar-refractivity contribution is 0.0955. The molecule has 19 heavy (non-hydrogen) atoms. The highest BCUT2D eigenvalue weighted by atomic mass is 16.1. The molecule has 5 heteroatoms. The summed E-state index contributed by atoms with van der Waals surface area (Å²) in [4.78, 5) is 16.8. The monoisotopic (exact) mass is 260 g/mol. The van der Waals surface area contributed by atoms with Crippen LogP contribution in [0.25, 0.3) is 11.0 Å². The molecule has 0 saturated carbocycles. The first kappa shape index (κ1) is 13.5. The molecule has 1 N–H and O–H groups in total. The van der Waals surface area contributed by atoms with Gasteiger partial charge in [0.1, 0.15) is 0 Å². The number of hydrogen-bond acceptors (Lipinski definition) is 3. The molecule has 5 nitrogen and oxygen atoms in total. The maximum Gasteiger partial charge on any atom is 0.252 e. The van der Waals surface area contributed by atoms with E-state index in [0.717, 1.165) is 35.4 Å². The molecule has 2 aromatic heterocycles. The summed E-state index contributed by atoms with van der Waals surface area (Å²) in [6.07, 6.45) is 0.923. The van der Waals surface area contributed by atoms with Crippen LogP contribution in [0.1, 0.15) is 42.0 Å². The minimum Gasteiger partial charge on any atom is -0.352 e. The number of nitrogens with zero attached hydrogens (tertiary/aromatic N) is 3. The molecule has 0 aliphatic carbocycles. The van der Waals surface area contributed by atoms with Gasteiger partial charge in [-0.15, -0.1) is 0 Å². The van der Waals surface area contributed by atoms with Crippen LogP contribution in [-0.4, -0.2) is 27.2 Å². The first-order valence-electron chi connectivity index (χ1n) is 6.71. The van der Waals surface area contributed by atoms with Crippen molar-refractivity contribution in [2.24, 2.45) is 0 Å². The lowest BCUT2D eigenvalue weighted by atomic mass is 10.1. The fraction of sp³-hybridized carbons (Fsp3) is 0.500. The summed E-state index contributed by atoms with van der Waals surface area (Å²) in [7, 11) is 0. The molecule has 0 fully saturated rings. The molecule has 0 bridgehead atoms. The van der Waals surface area contributed by atoms with Crippen molar-refractivity contribution in [3.05, 3.63) is 23.0 Å². The highest BCUT2D eigenvalue weighted by Gasteiger charge is 2.17. The van der Waals surface area contributed by atoms with Gasteiger partial charge in [0.2, 0.25) is 0 Å². The van der Waals surface area contributed by atoms with Gasteiger partial charge in [0.25, 0.3) is 5.91 Å². The molecule has 0 radical (unpaired) electrons. The van der Waals surface area contributed by atoms with E-state index in [0.29, 0.717) is 12.1 Å². The minimum absolute atomic E-state index is 0.0453. The van der Waals surface area contributed by atoms with Gasteiger partial charge < -0.3 is 5.32 Å². The first-order valence-corrected chi connectivity index (χ1v) is 6.71. The molecule has 0 spiro atoms. The zero-order valence-corrected chi connectivity index (χ0v) is 11.9. The van der Waals surface area contributed by atoms with Gasteiger partial charge in [-0.05, 0) is 33.3 Å². The molecule has 0 saturated heterocycles. The third-order valence-electron chi connectivity index (χ3n) is 3.09. The van der Waals surface area contributed by atoms with Crippen molar-refractivity contribution in [3.8, 4) is 0 Å². The first-order chi connectivity index (χ1) is 9.08. The van der Waals surface area contributed by atoms with E-state index in [-0.39, 0.29) is 5.91 Å². The Kier molecular flexibility index (Phi) is 3.83. The third kappa shape index (κ3) is 2.45. The molecular formula is C14H20N4O. The van der Waals surface area contributed by atoms with E-state index in [4.69, 9.17) is 0 Å². The van der Waals surface area contributed by atoms with Crippen molar-refractivity contribution < 1.29 is 4.79 Å². The van der Waals surface area contributed by atoms with Gasteiger partial charge in [-0.1, -0.05) is 6.92 Å². The molecule has 2 aromatic rings. The Bertz CT molecular complexity index is 615. The van der Waals surface area contributed by atoms with Crippen molar-refractivity contribution in [2.45, 2.75) is 40.7 Å². The Morgan fingerprint density at radius 3 is 2.74 bits per heavy atom. The zero-order valence-electron chi connectivity index (χ0n) is 11.9. The van der Waals surface area contributed by atoms with E-state index >= 15 is 0 Å². The second-order valence-electron chi connectivity index (χ2n) is 4.67. The average Bonchev–Trinajstić information content (AvgIpc) is 2.71. The van der Waals surface area contributed by atoms with Crippen LogP contribution in [0.5, 0.6) is 0 Å². The number of carbonyl (C=O) groups is 1. The summed E-state index contributed by atoms with van der Waals surface area (Å²) in [5, 5.41) is 8.23. The van der Waals surface area contributed by atoms with Crippen molar-refractivity contribution >= 4 is 16.9 Å². The van der Waals surface area contributed by atoms with Crippen LogP contribution < -0.4 is 5.32 Å². The second-order valence-corrected chi connectivity index (χ2v) is 4.67. The van der Waals surface area contributed by atoms with Crippen molar-refractivity contribution in [1.29, 1.82) is 0 Å². The van der Waals surface area contributed by atoms with Crippen LogP contribution in [0.2, 0.25) is 0 Å². The number of rotatable bonds is 4. The van der Waals surface area contributed by atoms with Gasteiger partial charge in [-0.25, -0.2) is 9.67 Å². The number of aromatic nitrogens is 3. The van der Waals surface area contributed by atoms with Crippen LogP contribution in [0.3, 0.4) is 0 Å². The topological polar surface area (TPSA) is 59.8 Å². The van der Waals surface area contributed by atoms with Gasteiger partial charge in [0.15, 0.2) is 5.65 Å². The minimum atomic E-state index is -0.0453. The maximum atomic E-state index is 12.2. The number of carbonyl (C=O) groups excluding carboxylic acids is 1. The van der Waals surface area contributed by atoms with E-state index in [2.05, 4.69) is 15.4 Å². The summed E-state index contributed by atoms with van der Waals surface area (Å²) < 4.78 is 1.84. The molecule has 1 amide bonds. The van der Waals surface area contributed by atoms with Crippen molar-refractivity contribution in [2.75, 3.05) is 6.54 Å². The highest BCUT2D eigenvalue weighted by Crippen LogP contribution is 2.22. The highest BCUT2D eigenvalue weighted by molar-refractivity contribution is 6.06. The number of fused-ring (bicyclic) bond motifs is 1. The molecule has 0 aromatic carbocycles. The lowest BCUT2D eigenvalue weighted by Crippen LogP contribution is -2.24. The molecule has 2 heterocycles. The maximum absolute atomic E-state index is 12.2. The number of hydrogen-bond donors (Lipinski definition) is 1. The van der Waals surface area contributed by atoms with Gasteiger partial charge in [0.05, 0.1) is 16.6 Å². The number of aryl methyl sites for hydroxylation is 3. The molecule has 0 aliphatic rings. The fourth-order valence-electron chi connectivity index (χ4n) is 2.21. The fourth-order valence-corrected chi connectivity index (χ4v) is 2.21. The number of nitrogens with one attached hydrogen (secondary N) is 1. The largest absolute Gasteiger partial charge is 0.352 e. The molecule has 102 valence electrons. The van der Waals surface area contributed by atoms with Crippen molar-refractivity contribution in [3.63, 3.8) is 0 Å². The Balaban J connectivity index is 2.60. The van der Waals surface area contributed by atoms with Gasteiger partial charge >= 0.3 is 0 Å². The molecule has 0 unspecified atom stereocenters. The average molecular weight is 260 g/mol. The Morgan fingerprint density at radius 1 is 1.37 bits per heavy atom. The van der Waals surface area contributed by atoms with E-state index in [1.165, 1.54) is 0 Å². The number of pyridine rings is 1. The third-order valence-corrected chi connectivity index (χ3v) is 3.09. The quantitative estimate of drug-likeness (QED) is 0.916. The molecular weight excluding hydrogens is 240 g/mol. The normalized spacial score (nSPS) is 10.9. The summed E-state index contributed by atoms with van der Waals surface area (Å²) in [6, 6.07) is 1.84. The zero-order chi connectivity index (χ0) is 14.0. The molecule has 0 aliphatic heterocycles. The van der Waals surface area contributed by atoms with E-state index in [9.17, 15) is 4.79 Å². The SMILES string of the molecule is CCCNC(=O)c1cc(C)nc2c1c(C)nn2CC. The van der Waals surface area contributed by atoms with Crippen LogP contribution in [0.4, 0.5) is 0 Å². The Hall–Kier alpha value is -1.91. The van der Waals surface area contributed by atoms with Crippen LogP contribution in [0.15, 0.2) is 6.07 Å². The van der Waals surface area contributed by atoms with E-state index in [1.807, 2.05) is 38.4 Å². The Labute approximate surface area is 113 Å². The lowest BCUT2D eigenvalue weighted by Gasteiger charge is -2.07. The predicted molar refractivity (Wildman–Crippen MR) is 75.3 cm³/mol. The molecule has 0 atom stereocenters. The standard InChI is InChI=1S/C14H20N4O/c1-5-7-15-14(19)11-8-9(3)16-13-12(11)10(4)17-18(13)6-2/h8H,5-7H2,1-4H3,(H,15,19). The predicted octanol–water partition coefficient (Wildman–Crippen LogP) is 2.21. The van der Waals surface area contributed by atoms with E-state index in [1.54, 1.807) is 0 Å². The smallest absolute Gasteiger partial charge is 0.252 e. The van der Waals surface area contributed by atoms with Crippen molar-refractivity contribution in [1.82, 2.24) is 20.1 Å². The summed E-state index contributed by atoms with van der Waals surface area (Å²) >= 11 is 0. The van der Waals surface area contributed by atoms with Crippen LogP contribution >= 0.6 is 0 Å². The number of amides is 1. The van der Waals surface area contributed by atoms with Gasteiger partial charge in [0, 0.05) is 18.8 Å². The van der Waals surface area contributed by atoms with E-state index < -0.39 is 0 Å². The van der Waals surface area contributed by atoms with Crippen LogP contribution in [-0.2, 0) is 6.54 Å². The van der Waals surface area contributed by atoms with Crippen LogP contribution in [0, 0.1) is 13.8 Å².